The molecule has 0 aliphatic carbocycles. The molecule has 10 nitrogen and oxygen atoms in total. The maximum absolute atomic E-state index is 12.7. The summed E-state index contributed by atoms with van der Waals surface area (Å²) in [5.74, 6) is 1.35. The van der Waals surface area contributed by atoms with Crippen LogP contribution in [-0.2, 0) is 4.74 Å². The number of carbonyl (C=O) groups is 2. The van der Waals surface area contributed by atoms with Crippen molar-refractivity contribution >= 4 is 40.6 Å². The van der Waals surface area contributed by atoms with Crippen molar-refractivity contribution in [3.05, 3.63) is 66.4 Å². The Balaban J connectivity index is 1.14. The second-order valence-electron chi connectivity index (χ2n) is 9.05. The normalized spacial score (nSPS) is 15.9. The first-order valence-corrected chi connectivity index (χ1v) is 12.5. The number of amides is 2. The van der Waals surface area contributed by atoms with E-state index in [1.165, 1.54) is 12.6 Å². The first-order chi connectivity index (χ1) is 18.0. The highest BCUT2D eigenvalue weighted by Crippen LogP contribution is 2.22. The monoisotopic (exact) mass is 501 g/mol. The Hall–Kier alpha value is -4.18. The summed E-state index contributed by atoms with van der Waals surface area (Å²) < 4.78 is 5.43. The maximum atomic E-state index is 12.7. The minimum atomic E-state index is -0.152. The number of benzene rings is 2. The van der Waals surface area contributed by atoms with Crippen LogP contribution in [0.1, 0.15) is 17.3 Å². The van der Waals surface area contributed by atoms with Crippen LogP contribution in [0.25, 0.3) is 0 Å². The minimum absolute atomic E-state index is 0.00115. The molecule has 1 aromatic heterocycles. The van der Waals surface area contributed by atoms with Crippen LogP contribution in [0.4, 0.5) is 33.6 Å². The molecular formula is C27H31N7O3. The van der Waals surface area contributed by atoms with Crippen molar-refractivity contribution in [3.63, 3.8) is 0 Å². The van der Waals surface area contributed by atoms with Crippen LogP contribution < -0.4 is 20.4 Å². The molecule has 2 aliphatic rings. The van der Waals surface area contributed by atoms with Gasteiger partial charge >= 0.3 is 6.03 Å². The first-order valence-electron chi connectivity index (χ1n) is 12.5. The molecule has 0 spiro atoms. The van der Waals surface area contributed by atoms with Crippen LogP contribution in [-0.4, -0.2) is 79.2 Å². The number of nitrogens with one attached hydrogen (secondary N) is 2. The van der Waals surface area contributed by atoms with Crippen molar-refractivity contribution in [2.24, 2.45) is 0 Å². The average Bonchev–Trinajstić information content (AvgIpc) is 2.94. The summed E-state index contributed by atoms with van der Waals surface area (Å²) in [6, 6.07) is 16.9. The molecule has 0 atom stereocenters. The van der Waals surface area contributed by atoms with E-state index in [1.807, 2.05) is 18.2 Å². The lowest BCUT2D eigenvalue weighted by atomic mass is 10.1. The molecule has 10 heteroatoms. The molecule has 0 saturated carbocycles. The molecule has 2 amide bonds. The molecule has 2 saturated heterocycles. The third-order valence-electron chi connectivity index (χ3n) is 6.57. The molecule has 5 rings (SSSR count). The summed E-state index contributed by atoms with van der Waals surface area (Å²) >= 11 is 0. The van der Waals surface area contributed by atoms with Gasteiger partial charge in [-0.3, -0.25) is 4.79 Å². The lowest BCUT2D eigenvalue weighted by molar-refractivity contribution is 0.101. The Morgan fingerprint density at radius 2 is 1.49 bits per heavy atom. The Morgan fingerprint density at radius 3 is 2.16 bits per heavy atom. The molecular weight excluding hydrogens is 470 g/mol. The smallest absolute Gasteiger partial charge is 0.321 e. The van der Waals surface area contributed by atoms with E-state index >= 15 is 0 Å². The fourth-order valence-electron chi connectivity index (χ4n) is 4.42. The largest absolute Gasteiger partial charge is 0.378 e. The molecule has 3 heterocycles. The zero-order valence-electron chi connectivity index (χ0n) is 20.9. The number of hydrogen-bond donors (Lipinski definition) is 2. The predicted octanol–water partition coefficient (Wildman–Crippen LogP) is 3.61. The second kappa shape index (κ2) is 11.3. The topological polar surface area (TPSA) is 103 Å². The number of urea groups is 1. The predicted molar refractivity (Wildman–Crippen MR) is 144 cm³/mol. The van der Waals surface area contributed by atoms with Gasteiger partial charge in [0.2, 0.25) is 5.95 Å². The number of nitrogens with zero attached hydrogens (tertiary/aromatic N) is 5. The van der Waals surface area contributed by atoms with Crippen LogP contribution >= 0.6 is 0 Å². The average molecular weight is 502 g/mol. The standard InChI is InChI=1S/C27H31N7O3/c1-20(35)21-2-4-23(5-3-21)30-27(36)34-14-12-33(13-15-34)25-10-11-28-26(31-25)29-22-6-8-24(9-7-22)32-16-18-37-19-17-32/h2-11H,12-19H2,1H3,(H,30,36)(H,28,29,31). The molecule has 2 aromatic carbocycles. The number of piperazine rings is 1. The number of hydrogen-bond acceptors (Lipinski definition) is 8. The minimum Gasteiger partial charge on any atom is -0.378 e. The van der Waals surface area contributed by atoms with Crippen LogP contribution in [0, 0.1) is 0 Å². The van der Waals surface area contributed by atoms with E-state index in [-0.39, 0.29) is 11.8 Å². The molecule has 2 N–H and O–H groups in total. The van der Waals surface area contributed by atoms with E-state index in [0.29, 0.717) is 43.4 Å². The Morgan fingerprint density at radius 1 is 0.811 bits per heavy atom. The van der Waals surface area contributed by atoms with Crippen molar-refractivity contribution < 1.29 is 14.3 Å². The number of ketones is 1. The maximum Gasteiger partial charge on any atom is 0.321 e. The summed E-state index contributed by atoms with van der Waals surface area (Å²) in [4.78, 5) is 39.5. The quantitative estimate of drug-likeness (QED) is 0.494. The molecule has 0 bridgehead atoms. The zero-order chi connectivity index (χ0) is 25.6. The summed E-state index contributed by atoms with van der Waals surface area (Å²) in [6.07, 6.45) is 1.75. The van der Waals surface area contributed by atoms with Crippen molar-refractivity contribution in [1.82, 2.24) is 14.9 Å². The third kappa shape index (κ3) is 6.15. The van der Waals surface area contributed by atoms with Gasteiger partial charge in [0.25, 0.3) is 0 Å². The van der Waals surface area contributed by atoms with E-state index in [4.69, 9.17) is 9.72 Å². The van der Waals surface area contributed by atoms with Gasteiger partial charge in [0, 0.05) is 68.1 Å². The SMILES string of the molecule is CC(=O)c1ccc(NC(=O)N2CCN(c3ccnc(Nc4ccc(N5CCOCC5)cc4)n3)CC2)cc1. The highest BCUT2D eigenvalue weighted by Gasteiger charge is 2.22. The lowest BCUT2D eigenvalue weighted by Crippen LogP contribution is -2.50. The number of ether oxygens (including phenoxy) is 1. The van der Waals surface area contributed by atoms with E-state index in [1.54, 1.807) is 35.4 Å². The number of aromatic nitrogens is 2. The first kappa shape index (κ1) is 24.5. The van der Waals surface area contributed by atoms with E-state index in [0.717, 1.165) is 37.8 Å². The number of Topliss-reactive ketones (excluding diaryl/α,β-unsaturated/α-hetero) is 1. The molecule has 3 aromatic rings. The summed E-state index contributed by atoms with van der Waals surface area (Å²) in [5.41, 5.74) is 3.39. The van der Waals surface area contributed by atoms with Crippen LogP contribution in [0.3, 0.4) is 0 Å². The van der Waals surface area contributed by atoms with Crippen LogP contribution in [0.2, 0.25) is 0 Å². The number of carbonyl (C=O) groups excluding carboxylic acids is 2. The van der Waals surface area contributed by atoms with Crippen molar-refractivity contribution in [2.45, 2.75) is 6.92 Å². The van der Waals surface area contributed by atoms with E-state index in [9.17, 15) is 9.59 Å². The number of rotatable bonds is 6. The van der Waals surface area contributed by atoms with E-state index in [2.05, 4.69) is 37.6 Å². The molecule has 192 valence electrons. The van der Waals surface area contributed by atoms with Crippen molar-refractivity contribution in [3.8, 4) is 0 Å². The van der Waals surface area contributed by atoms with Crippen molar-refractivity contribution in [2.75, 3.05) is 72.9 Å². The molecule has 0 radical (unpaired) electrons. The highest BCUT2D eigenvalue weighted by molar-refractivity contribution is 5.95. The van der Waals surface area contributed by atoms with Gasteiger partial charge in [0.1, 0.15) is 5.82 Å². The van der Waals surface area contributed by atoms with Gasteiger partial charge < -0.3 is 30.1 Å². The highest BCUT2D eigenvalue weighted by atomic mass is 16.5. The molecule has 2 aliphatic heterocycles. The van der Waals surface area contributed by atoms with Crippen LogP contribution in [0.15, 0.2) is 60.8 Å². The Labute approximate surface area is 216 Å². The molecule has 37 heavy (non-hydrogen) atoms. The zero-order valence-corrected chi connectivity index (χ0v) is 20.9. The van der Waals surface area contributed by atoms with Gasteiger partial charge in [-0.05, 0) is 61.5 Å². The fraction of sp³-hybridized carbons (Fsp3) is 0.333. The van der Waals surface area contributed by atoms with Crippen molar-refractivity contribution in [1.29, 1.82) is 0 Å². The number of anilines is 5. The fourth-order valence-corrected chi connectivity index (χ4v) is 4.42. The van der Waals surface area contributed by atoms with Gasteiger partial charge in [-0.1, -0.05) is 0 Å². The number of morpholine rings is 1. The second-order valence-corrected chi connectivity index (χ2v) is 9.05. The Kier molecular flexibility index (Phi) is 7.46. The summed E-state index contributed by atoms with van der Waals surface area (Å²) in [7, 11) is 0. The summed E-state index contributed by atoms with van der Waals surface area (Å²) in [6.45, 7) is 7.34. The van der Waals surface area contributed by atoms with Gasteiger partial charge in [0.05, 0.1) is 13.2 Å². The lowest BCUT2D eigenvalue weighted by Gasteiger charge is -2.35. The van der Waals surface area contributed by atoms with E-state index < -0.39 is 0 Å². The third-order valence-corrected chi connectivity index (χ3v) is 6.57. The van der Waals surface area contributed by atoms with Gasteiger partial charge in [-0.25, -0.2) is 9.78 Å². The molecule has 2 fully saturated rings. The van der Waals surface area contributed by atoms with Gasteiger partial charge in [0.15, 0.2) is 5.78 Å². The molecule has 0 unspecified atom stereocenters. The van der Waals surface area contributed by atoms with Gasteiger partial charge in [-0.15, -0.1) is 0 Å². The summed E-state index contributed by atoms with van der Waals surface area (Å²) in [5, 5.41) is 6.20. The van der Waals surface area contributed by atoms with Crippen LogP contribution in [0.5, 0.6) is 0 Å². The van der Waals surface area contributed by atoms with Gasteiger partial charge in [-0.2, -0.15) is 4.98 Å². The Bertz CT molecular complexity index is 1220.